The summed E-state index contributed by atoms with van der Waals surface area (Å²) >= 11 is 0. The number of carbonyl (C=O) groups excluding carboxylic acids is 6. The molecule has 350 valence electrons. The summed E-state index contributed by atoms with van der Waals surface area (Å²) in [7, 11) is -1.12. The third-order valence-corrected chi connectivity index (χ3v) is 22.3. The highest BCUT2D eigenvalue weighted by Gasteiger charge is 2.45. The van der Waals surface area contributed by atoms with Crippen molar-refractivity contribution >= 4 is 73.8 Å². The molecule has 0 bridgehead atoms. The molecule has 18 heteroatoms. The molecule has 0 aliphatic rings. The first-order chi connectivity index (χ1) is 27.4. The zero-order valence-electron chi connectivity index (χ0n) is 40.0. The van der Waals surface area contributed by atoms with Crippen LogP contribution in [-0.4, -0.2) is 115 Å². The van der Waals surface area contributed by atoms with Gasteiger partial charge in [-0.25, -0.2) is 0 Å². The molecule has 60 heavy (non-hydrogen) atoms. The molecule has 0 radical (unpaired) electrons. The molecule has 14 nitrogen and oxygen atoms in total. The monoisotopic (exact) mass is 923 g/mol. The number of amides is 4. The van der Waals surface area contributed by atoms with Gasteiger partial charge in [-0.1, -0.05) is 105 Å². The van der Waals surface area contributed by atoms with Gasteiger partial charge in [0.2, 0.25) is 11.8 Å². The van der Waals surface area contributed by atoms with Crippen LogP contribution < -0.4 is 21.3 Å². The van der Waals surface area contributed by atoms with E-state index >= 15 is 0 Å². The number of hydrogen-bond acceptors (Lipinski definition) is 12. The molecule has 0 fully saturated rings. The van der Waals surface area contributed by atoms with Crippen molar-refractivity contribution in [2.75, 3.05) is 50.9 Å². The highest BCUT2D eigenvalue weighted by Crippen LogP contribution is 2.39. The molecule has 0 heterocycles. The Morgan fingerprint density at radius 2 is 0.817 bits per heavy atom. The molecule has 4 amide bonds. The summed E-state index contributed by atoms with van der Waals surface area (Å²) in [5.41, 5.74) is -1.59. The van der Waals surface area contributed by atoms with E-state index in [1.54, 1.807) is 21.6 Å². The Bertz CT molecular complexity index is 1280. The molecule has 0 saturated heterocycles. The lowest BCUT2D eigenvalue weighted by atomic mass is 9.86. The van der Waals surface area contributed by atoms with Gasteiger partial charge in [0.15, 0.2) is 28.8 Å². The minimum Gasteiger partial charge on any atom is -0.452 e. The van der Waals surface area contributed by atoms with Gasteiger partial charge in [0.05, 0.1) is 0 Å². The van der Waals surface area contributed by atoms with Gasteiger partial charge in [-0.2, -0.15) is 0 Å². The molecule has 0 aromatic carbocycles. The normalized spacial score (nSPS) is 13.8. The van der Waals surface area contributed by atoms with E-state index in [-0.39, 0.29) is 73.9 Å². The number of carbonyl (C=O) groups is 6. The van der Waals surface area contributed by atoms with E-state index in [1.807, 2.05) is 41.5 Å². The lowest BCUT2D eigenvalue weighted by Gasteiger charge is -2.40. The van der Waals surface area contributed by atoms with Crippen LogP contribution in [0.3, 0.4) is 0 Å². The average molecular weight is 923 g/mol. The smallest absolute Gasteiger partial charge is 0.306 e. The number of ether oxygens (including phenoxy) is 2. The van der Waals surface area contributed by atoms with Crippen molar-refractivity contribution < 1.29 is 47.1 Å². The second kappa shape index (κ2) is 26.5. The molecule has 0 spiro atoms. The number of nitrogens with one attached hydrogen (secondary N) is 4. The second-order valence-corrected chi connectivity index (χ2v) is 32.1. The van der Waals surface area contributed by atoms with Crippen molar-refractivity contribution in [3.05, 3.63) is 0 Å². The molecule has 4 N–H and O–H groups in total. The summed E-state index contributed by atoms with van der Waals surface area (Å²) in [6.45, 7) is 34.0. The number of hydrogen-bond donors (Lipinski definition) is 4. The summed E-state index contributed by atoms with van der Waals surface area (Å²) in [5.74, 6) is -0.958. The average Bonchev–Trinajstić information content (AvgIpc) is 3.11. The highest BCUT2D eigenvalue weighted by molar-refractivity contribution is 8.76. The van der Waals surface area contributed by atoms with Crippen LogP contribution in [0.5, 0.6) is 0 Å². The Labute approximate surface area is 372 Å². The molecule has 0 rings (SSSR count). The fraction of sp³-hybridized carbons (Fsp3) is 0.857. The lowest BCUT2D eigenvalue weighted by Crippen LogP contribution is -2.51. The molecule has 0 aliphatic heterocycles. The summed E-state index contributed by atoms with van der Waals surface area (Å²) in [6, 6.07) is 0. The fourth-order valence-corrected chi connectivity index (χ4v) is 8.93. The van der Waals surface area contributed by atoms with Crippen molar-refractivity contribution in [1.29, 1.82) is 0 Å². The van der Waals surface area contributed by atoms with E-state index in [4.69, 9.17) is 18.3 Å². The third kappa shape index (κ3) is 22.3. The van der Waals surface area contributed by atoms with Crippen LogP contribution in [0.2, 0.25) is 36.3 Å². The molecule has 0 aliphatic carbocycles. The van der Waals surface area contributed by atoms with E-state index in [2.05, 4.69) is 89.0 Å². The lowest BCUT2D eigenvalue weighted by molar-refractivity contribution is -0.165. The van der Waals surface area contributed by atoms with Crippen LogP contribution in [0.4, 0.5) is 0 Å². The highest BCUT2D eigenvalue weighted by atomic mass is 33.1. The largest absolute Gasteiger partial charge is 0.452 e. The van der Waals surface area contributed by atoms with Gasteiger partial charge < -0.3 is 39.6 Å². The van der Waals surface area contributed by atoms with Crippen molar-refractivity contribution in [2.24, 2.45) is 10.8 Å². The quantitative estimate of drug-likeness (QED) is 0.0258. The molecule has 0 aromatic rings. The van der Waals surface area contributed by atoms with Gasteiger partial charge in [0.1, 0.15) is 0 Å². The third-order valence-electron chi connectivity index (χ3n) is 10.9. The predicted molar refractivity (Wildman–Crippen MR) is 250 cm³/mol. The van der Waals surface area contributed by atoms with Gasteiger partial charge in [-0.15, -0.1) is 0 Å². The maximum atomic E-state index is 13.3. The Balaban J connectivity index is 4.68. The Morgan fingerprint density at radius 1 is 0.500 bits per heavy atom. The molecule has 0 saturated carbocycles. The first kappa shape index (κ1) is 57.9. The molecular formula is C42H82N4O10S2Si2. The van der Waals surface area contributed by atoms with Crippen molar-refractivity contribution in [1.82, 2.24) is 21.3 Å². The molecule has 0 aromatic heterocycles. The standard InChI is InChI=1S/C42H82N4O10S2Si2/c1-17-19-33(49)55-35(41(9,10)29-53-59(13,14)39(3,4)5)37(51)45-23-21-31(47)43-25-27-57-58-28-26-44-32(48)22-24-46-38(52)36(56-34(50)20-18-2)42(11,12)30-54-60(15,16)40(6,7)8/h35-36H,17-30H2,1-16H3,(H,43,47)(H,44,48)(H,45,51)(H,46,52)/t35-,36-/m0/s1. The minimum atomic E-state index is -2.12. The SMILES string of the molecule is CCCC(=O)O[C@@H](C(=O)NCCC(=O)NCCSSCCNC(=O)CCNC(=O)[C@H](OC(=O)CCC)C(C)(C)CO[Si](C)(C)C(C)(C)C)C(C)(C)CO[Si](C)(C)C(C)(C)C. The number of rotatable bonds is 29. The Morgan fingerprint density at radius 3 is 1.10 bits per heavy atom. The van der Waals surface area contributed by atoms with Gasteiger partial charge >= 0.3 is 11.9 Å². The van der Waals surface area contributed by atoms with E-state index in [1.165, 1.54) is 0 Å². The Kier molecular flexibility index (Phi) is 25.5. The molecule has 0 unspecified atom stereocenters. The van der Waals surface area contributed by atoms with Gasteiger partial charge in [-0.3, -0.25) is 28.8 Å². The summed E-state index contributed by atoms with van der Waals surface area (Å²) in [5, 5.41) is 11.2. The summed E-state index contributed by atoms with van der Waals surface area (Å²) < 4.78 is 24.1. The summed E-state index contributed by atoms with van der Waals surface area (Å²) in [4.78, 5) is 76.4. The minimum absolute atomic E-state index is 0.0222. The van der Waals surface area contributed by atoms with Crippen LogP contribution in [0, 0.1) is 10.8 Å². The molecular weight excluding hydrogens is 841 g/mol. The van der Waals surface area contributed by atoms with Crippen molar-refractivity contribution in [3.63, 3.8) is 0 Å². The van der Waals surface area contributed by atoms with Crippen molar-refractivity contribution in [2.45, 2.75) is 170 Å². The van der Waals surface area contributed by atoms with Crippen LogP contribution in [-0.2, 0) is 47.1 Å². The summed E-state index contributed by atoms with van der Waals surface area (Å²) in [6.07, 6.45) is -0.399. The van der Waals surface area contributed by atoms with Gasteiger partial charge in [0, 0.05) is 87.4 Å². The first-order valence-corrected chi connectivity index (χ1v) is 29.7. The topological polar surface area (TPSA) is 187 Å². The van der Waals surface area contributed by atoms with Gasteiger partial charge in [0.25, 0.3) is 11.8 Å². The maximum absolute atomic E-state index is 13.3. The number of esters is 2. The molecule has 2 atom stereocenters. The maximum Gasteiger partial charge on any atom is 0.306 e. The Hall–Kier alpha value is -2.13. The van der Waals surface area contributed by atoms with Crippen LogP contribution >= 0.6 is 21.6 Å². The zero-order valence-corrected chi connectivity index (χ0v) is 43.6. The van der Waals surface area contributed by atoms with Crippen LogP contribution in [0.25, 0.3) is 0 Å². The van der Waals surface area contributed by atoms with E-state index in [0.717, 1.165) is 0 Å². The van der Waals surface area contributed by atoms with E-state index in [9.17, 15) is 28.8 Å². The fourth-order valence-electron chi connectivity index (χ4n) is 4.78. The van der Waals surface area contributed by atoms with Crippen LogP contribution in [0.15, 0.2) is 0 Å². The predicted octanol–water partition coefficient (Wildman–Crippen LogP) is 7.13. The van der Waals surface area contributed by atoms with E-state index in [0.29, 0.717) is 37.4 Å². The van der Waals surface area contributed by atoms with E-state index < -0.39 is 63.4 Å². The van der Waals surface area contributed by atoms with Gasteiger partial charge in [-0.05, 0) is 49.1 Å². The zero-order chi connectivity index (χ0) is 46.6. The second-order valence-electron chi connectivity index (χ2n) is 19.7. The van der Waals surface area contributed by atoms with Crippen molar-refractivity contribution in [3.8, 4) is 0 Å². The first-order valence-electron chi connectivity index (χ1n) is 21.4. The van der Waals surface area contributed by atoms with Crippen LogP contribution in [0.1, 0.15) is 122 Å².